The molecule has 7 heteroatoms. The Balaban J connectivity index is 1.88. The van der Waals surface area contributed by atoms with Crippen molar-refractivity contribution in [2.45, 2.75) is 32.2 Å². The number of nitrogens with zero attached hydrogens (tertiary/aromatic N) is 4. The topological polar surface area (TPSA) is 80.5 Å². The van der Waals surface area contributed by atoms with Gasteiger partial charge in [0.1, 0.15) is 12.7 Å². The number of aliphatic hydroxyl groups excluding tert-OH is 1. The molecule has 0 bridgehead atoms. The molecule has 1 atom stereocenters. The summed E-state index contributed by atoms with van der Waals surface area (Å²) in [5.74, 6) is 0.112. The van der Waals surface area contributed by atoms with Gasteiger partial charge in [0.05, 0.1) is 13.2 Å². The van der Waals surface area contributed by atoms with Crippen LogP contribution in [-0.2, 0) is 16.1 Å². The Morgan fingerprint density at radius 3 is 3.05 bits per heavy atom. The number of rotatable bonds is 7. The Bertz CT molecular complexity index is 437. The van der Waals surface area contributed by atoms with Crippen LogP contribution in [0.15, 0.2) is 12.7 Å². The molecule has 0 saturated carbocycles. The summed E-state index contributed by atoms with van der Waals surface area (Å²) in [6.07, 6.45) is 6.15. The predicted molar refractivity (Wildman–Crippen MR) is 76.5 cm³/mol. The van der Waals surface area contributed by atoms with Crippen molar-refractivity contribution in [3.05, 3.63) is 12.7 Å². The first-order chi connectivity index (χ1) is 10.2. The number of aliphatic hydroxyl groups is 1. The lowest BCUT2D eigenvalue weighted by Crippen LogP contribution is -2.48. The molecule has 2 heterocycles. The van der Waals surface area contributed by atoms with E-state index in [-0.39, 0.29) is 17.9 Å². The quantitative estimate of drug-likeness (QED) is 0.783. The maximum atomic E-state index is 12.3. The van der Waals surface area contributed by atoms with Crippen LogP contribution in [0.1, 0.15) is 25.7 Å². The molecule has 7 nitrogen and oxygen atoms in total. The molecular formula is C14H24N4O3. The summed E-state index contributed by atoms with van der Waals surface area (Å²) in [6.45, 7) is 2.64. The highest BCUT2D eigenvalue weighted by Gasteiger charge is 2.36. The molecule has 2 rings (SSSR count). The van der Waals surface area contributed by atoms with Crippen LogP contribution in [0.2, 0.25) is 0 Å². The van der Waals surface area contributed by atoms with Crippen LogP contribution in [0.5, 0.6) is 0 Å². The number of likely N-dealkylation sites (tertiary alicyclic amines) is 1. The number of ether oxygens (including phenoxy) is 1. The summed E-state index contributed by atoms with van der Waals surface area (Å²) >= 11 is 0. The highest BCUT2D eigenvalue weighted by molar-refractivity contribution is 5.76. The Morgan fingerprint density at radius 1 is 1.52 bits per heavy atom. The first-order valence-corrected chi connectivity index (χ1v) is 7.39. The molecule has 21 heavy (non-hydrogen) atoms. The minimum atomic E-state index is -0.211. The molecule has 1 aromatic rings. The van der Waals surface area contributed by atoms with Crippen LogP contribution in [0, 0.1) is 5.41 Å². The Hall–Kier alpha value is -1.47. The van der Waals surface area contributed by atoms with E-state index in [4.69, 9.17) is 4.74 Å². The van der Waals surface area contributed by atoms with Gasteiger partial charge in [0.25, 0.3) is 0 Å². The maximum absolute atomic E-state index is 12.3. The number of hydrogen-bond acceptors (Lipinski definition) is 5. The zero-order valence-corrected chi connectivity index (χ0v) is 12.6. The summed E-state index contributed by atoms with van der Waals surface area (Å²) < 4.78 is 6.79. The second-order valence-corrected chi connectivity index (χ2v) is 5.73. The van der Waals surface area contributed by atoms with Crippen molar-refractivity contribution in [3.63, 3.8) is 0 Å². The van der Waals surface area contributed by atoms with Crippen LogP contribution < -0.4 is 0 Å². The summed E-state index contributed by atoms with van der Waals surface area (Å²) in [5.41, 5.74) is -0.211. The van der Waals surface area contributed by atoms with E-state index in [1.807, 2.05) is 4.90 Å². The first-order valence-electron chi connectivity index (χ1n) is 7.39. The predicted octanol–water partition coefficient (Wildman–Crippen LogP) is 0.306. The fraction of sp³-hybridized carbons (Fsp3) is 0.786. The van der Waals surface area contributed by atoms with Crippen molar-refractivity contribution < 1.29 is 14.6 Å². The third-order valence-corrected chi connectivity index (χ3v) is 4.21. The maximum Gasteiger partial charge on any atom is 0.224 e. The van der Waals surface area contributed by atoms with Gasteiger partial charge in [-0.15, -0.1) is 0 Å². The van der Waals surface area contributed by atoms with Crippen LogP contribution in [0.4, 0.5) is 0 Å². The van der Waals surface area contributed by atoms with Gasteiger partial charge in [-0.05, 0) is 19.3 Å². The van der Waals surface area contributed by atoms with E-state index < -0.39 is 0 Å². The third-order valence-electron chi connectivity index (χ3n) is 4.21. The van der Waals surface area contributed by atoms with Gasteiger partial charge in [-0.25, -0.2) is 4.98 Å². The van der Waals surface area contributed by atoms with E-state index in [1.54, 1.807) is 18.1 Å². The minimum absolute atomic E-state index is 0.100. The molecule has 0 unspecified atom stereocenters. The first kappa shape index (κ1) is 15.9. The smallest absolute Gasteiger partial charge is 0.224 e. The van der Waals surface area contributed by atoms with E-state index in [9.17, 15) is 9.90 Å². The molecule has 1 fully saturated rings. The van der Waals surface area contributed by atoms with Crippen molar-refractivity contribution in [2.24, 2.45) is 5.41 Å². The average Bonchev–Trinajstić information content (AvgIpc) is 3.04. The van der Waals surface area contributed by atoms with E-state index in [0.717, 1.165) is 25.8 Å². The van der Waals surface area contributed by atoms with Crippen LogP contribution in [0.3, 0.4) is 0 Å². The van der Waals surface area contributed by atoms with Crippen LogP contribution in [0.25, 0.3) is 0 Å². The van der Waals surface area contributed by atoms with Crippen molar-refractivity contribution in [1.82, 2.24) is 19.7 Å². The number of methoxy groups -OCH3 is 1. The number of aromatic nitrogens is 3. The fourth-order valence-electron chi connectivity index (χ4n) is 2.87. The summed E-state index contributed by atoms with van der Waals surface area (Å²) in [5, 5.41) is 13.7. The van der Waals surface area contributed by atoms with Gasteiger partial charge in [-0.2, -0.15) is 5.10 Å². The standard InChI is InChI=1S/C14H24N4O3/c1-21-8-5-14(10-19)4-2-6-17(9-14)13(20)3-7-18-12-15-11-16-18/h11-12,19H,2-10H2,1H3/t14-/m1/s1. The molecular weight excluding hydrogens is 272 g/mol. The third kappa shape index (κ3) is 4.25. The molecule has 1 aromatic heterocycles. The van der Waals surface area contributed by atoms with E-state index in [0.29, 0.717) is 26.1 Å². The number of carbonyl (C=O) groups is 1. The van der Waals surface area contributed by atoms with Gasteiger partial charge in [-0.1, -0.05) is 0 Å². The molecule has 0 aliphatic carbocycles. The van der Waals surface area contributed by atoms with Crippen LogP contribution in [-0.4, -0.2) is 64.1 Å². The number of carbonyl (C=O) groups excluding carboxylic acids is 1. The highest BCUT2D eigenvalue weighted by Crippen LogP contribution is 2.33. The van der Waals surface area contributed by atoms with E-state index in [2.05, 4.69) is 10.1 Å². The largest absolute Gasteiger partial charge is 0.396 e. The summed E-state index contributed by atoms with van der Waals surface area (Å²) in [4.78, 5) is 18.1. The fourth-order valence-corrected chi connectivity index (χ4v) is 2.87. The van der Waals surface area contributed by atoms with Crippen molar-refractivity contribution >= 4 is 5.91 Å². The monoisotopic (exact) mass is 296 g/mol. The van der Waals surface area contributed by atoms with E-state index >= 15 is 0 Å². The summed E-state index contributed by atoms with van der Waals surface area (Å²) in [7, 11) is 1.66. The van der Waals surface area contributed by atoms with Gasteiger partial charge < -0.3 is 14.7 Å². The molecule has 1 aliphatic rings. The lowest BCUT2D eigenvalue weighted by molar-refractivity contribution is -0.136. The minimum Gasteiger partial charge on any atom is -0.396 e. The van der Waals surface area contributed by atoms with Crippen molar-refractivity contribution in [2.75, 3.05) is 33.4 Å². The Labute approximate surface area is 124 Å². The summed E-state index contributed by atoms with van der Waals surface area (Å²) in [6, 6.07) is 0. The van der Waals surface area contributed by atoms with E-state index in [1.165, 1.54) is 6.33 Å². The number of piperidine rings is 1. The molecule has 0 spiro atoms. The normalized spacial score (nSPS) is 22.5. The molecule has 1 N–H and O–H groups in total. The van der Waals surface area contributed by atoms with Crippen LogP contribution >= 0.6 is 0 Å². The molecule has 1 aliphatic heterocycles. The lowest BCUT2D eigenvalue weighted by Gasteiger charge is -2.42. The zero-order chi connectivity index (χ0) is 15.1. The van der Waals surface area contributed by atoms with Gasteiger partial charge in [-0.3, -0.25) is 9.48 Å². The van der Waals surface area contributed by atoms with Gasteiger partial charge >= 0.3 is 0 Å². The number of aryl methyl sites for hydroxylation is 1. The second-order valence-electron chi connectivity index (χ2n) is 5.73. The molecule has 1 saturated heterocycles. The van der Waals surface area contributed by atoms with Crippen molar-refractivity contribution in [1.29, 1.82) is 0 Å². The zero-order valence-electron chi connectivity index (χ0n) is 12.6. The van der Waals surface area contributed by atoms with Gasteiger partial charge in [0, 0.05) is 38.6 Å². The SMILES string of the molecule is COCC[C@]1(CO)CCCN(C(=O)CCn2cncn2)C1. The molecule has 0 aromatic carbocycles. The second kappa shape index (κ2) is 7.51. The van der Waals surface area contributed by atoms with Crippen molar-refractivity contribution in [3.8, 4) is 0 Å². The van der Waals surface area contributed by atoms with Gasteiger partial charge in [0.2, 0.25) is 5.91 Å². The number of amides is 1. The molecule has 118 valence electrons. The average molecular weight is 296 g/mol. The van der Waals surface area contributed by atoms with Gasteiger partial charge in [0.15, 0.2) is 0 Å². The lowest BCUT2D eigenvalue weighted by atomic mass is 9.78. The Kier molecular flexibility index (Phi) is 5.69. The highest BCUT2D eigenvalue weighted by atomic mass is 16.5. The molecule has 1 amide bonds. The molecule has 0 radical (unpaired) electrons. The number of hydrogen-bond donors (Lipinski definition) is 1. The Morgan fingerprint density at radius 2 is 2.38 bits per heavy atom.